The molecule has 0 heterocycles. The minimum absolute atomic E-state index is 0.166. The monoisotopic (exact) mass is 353 g/mol. The maximum Gasteiger partial charge on any atom is 0.141 e. The van der Waals surface area contributed by atoms with Crippen LogP contribution in [0.25, 0.3) is 0 Å². The van der Waals surface area contributed by atoms with E-state index in [-0.39, 0.29) is 11.1 Å². The van der Waals surface area contributed by atoms with Crippen molar-refractivity contribution in [2.75, 3.05) is 19.8 Å². The van der Waals surface area contributed by atoms with Gasteiger partial charge in [-0.2, -0.15) is 0 Å². The summed E-state index contributed by atoms with van der Waals surface area (Å²) < 4.78 is 11.3. The molecular formula is C14H18Cl3NO3. The van der Waals surface area contributed by atoms with E-state index in [0.717, 1.165) is 18.4 Å². The highest BCUT2D eigenvalue weighted by Gasteiger charge is 2.09. The zero-order valence-electron chi connectivity index (χ0n) is 11.7. The number of rotatable bonds is 9. The van der Waals surface area contributed by atoms with Gasteiger partial charge in [0.1, 0.15) is 22.6 Å². The molecule has 118 valence electrons. The van der Waals surface area contributed by atoms with Gasteiger partial charge in [-0.05, 0) is 37.5 Å². The Kier molecular flexibility index (Phi) is 8.88. The van der Waals surface area contributed by atoms with Crippen LogP contribution in [0.1, 0.15) is 18.4 Å². The van der Waals surface area contributed by atoms with Gasteiger partial charge in [0.2, 0.25) is 0 Å². The average Bonchev–Trinajstić information content (AvgIpc) is 2.40. The maximum atomic E-state index is 6.20. The van der Waals surface area contributed by atoms with E-state index in [1.165, 1.54) is 0 Å². The summed E-state index contributed by atoms with van der Waals surface area (Å²) in [6.45, 7) is 3.24. The lowest BCUT2D eigenvalue weighted by Crippen LogP contribution is -2.05. The zero-order valence-corrected chi connectivity index (χ0v) is 14.0. The molecule has 21 heavy (non-hydrogen) atoms. The third-order valence-electron chi connectivity index (χ3n) is 2.59. The van der Waals surface area contributed by atoms with E-state index in [1.807, 2.05) is 13.0 Å². The molecule has 0 saturated heterocycles. The molecule has 0 saturated carbocycles. The smallest absolute Gasteiger partial charge is 0.141 e. The fourth-order valence-corrected chi connectivity index (χ4v) is 2.07. The largest absolute Gasteiger partial charge is 0.492 e. The fourth-order valence-electron chi connectivity index (χ4n) is 1.63. The van der Waals surface area contributed by atoms with E-state index >= 15 is 0 Å². The van der Waals surface area contributed by atoms with Crippen LogP contribution in [0, 0.1) is 6.92 Å². The van der Waals surface area contributed by atoms with Crippen molar-refractivity contribution in [2.24, 2.45) is 5.90 Å². The van der Waals surface area contributed by atoms with Crippen molar-refractivity contribution in [3.8, 4) is 11.5 Å². The van der Waals surface area contributed by atoms with Crippen LogP contribution < -0.4 is 15.4 Å². The molecule has 0 aromatic heterocycles. The summed E-state index contributed by atoms with van der Waals surface area (Å²) >= 11 is 17.2. The Morgan fingerprint density at radius 1 is 1.19 bits per heavy atom. The number of unbranched alkanes of at least 4 members (excludes halogenated alkanes) is 1. The van der Waals surface area contributed by atoms with Gasteiger partial charge in [0.15, 0.2) is 0 Å². The molecule has 0 spiro atoms. The third kappa shape index (κ3) is 7.25. The number of benzene rings is 1. The molecule has 0 atom stereocenters. The Hall–Kier alpha value is -0.650. The van der Waals surface area contributed by atoms with E-state index in [4.69, 9.17) is 50.2 Å². The number of hydrogen-bond acceptors (Lipinski definition) is 4. The van der Waals surface area contributed by atoms with E-state index in [0.29, 0.717) is 29.7 Å². The Labute approximate surface area is 139 Å². The second-order valence-electron chi connectivity index (χ2n) is 4.28. The van der Waals surface area contributed by atoms with E-state index in [1.54, 1.807) is 12.1 Å². The lowest BCUT2D eigenvalue weighted by Gasteiger charge is -2.13. The van der Waals surface area contributed by atoms with Crippen LogP contribution in [0.3, 0.4) is 0 Å². The van der Waals surface area contributed by atoms with Crippen LogP contribution in [-0.2, 0) is 4.84 Å². The predicted octanol–water partition coefficient (Wildman–Crippen LogP) is 4.40. The van der Waals surface area contributed by atoms with Crippen molar-refractivity contribution < 1.29 is 14.3 Å². The predicted molar refractivity (Wildman–Crippen MR) is 86.3 cm³/mol. The molecular weight excluding hydrogens is 337 g/mol. The van der Waals surface area contributed by atoms with Gasteiger partial charge in [-0.1, -0.05) is 34.8 Å². The molecule has 0 unspecified atom stereocenters. The topological polar surface area (TPSA) is 53.7 Å². The summed E-state index contributed by atoms with van der Waals surface area (Å²) in [7, 11) is 0. The summed E-state index contributed by atoms with van der Waals surface area (Å²) in [5.74, 6) is 6.24. The summed E-state index contributed by atoms with van der Waals surface area (Å²) in [4.78, 5) is 4.49. The summed E-state index contributed by atoms with van der Waals surface area (Å²) in [5.41, 5.74) is 0.897. The highest BCUT2D eigenvalue weighted by atomic mass is 35.5. The highest BCUT2D eigenvalue weighted by molar-refractivity contribution is 6.55. The van der Waals surface area contributed by atoms with Crippen molar-refractivity contribution in [1.29, 1.82) is 0 Å². The van der Waals surface area contributed by atoms with Gasteiger partial charge in [-0.25, -0.2) is 5.90 Å². The normalized spacial score (nSPS) is 10.3. The Bertz CT molecular complexity index is 454. The molecule has 4 nitrogen and oxygen atoms in total. The molecule has 0 bridgehead atoms. The molecule has 1 rings (SSSR count). The molecule has 0 aliphatic heterocycles. The number of nitrogens with two attached hydrogens (primary N) is 1. The van der Waals surface area contributed by atoms with Gasteiger partial charge in [-0.3, -0.25) is 0 Å². The first-order valence-electron chi connectivity index (χ1n) is 6.43. The molecule has 0 aliphatic rings. The summed E-state index contributed by atoms with van der Waals surface area (Å²) in [6.07, 6.45) is 3.22. The average molecular weight is 355 g/mol. The van der Waals surface area contributed by atoms with Crippen LogP contribution >= 0.6 is 34.8 Å². The summed E-state index contributed by atoms with van der Waals surface area (Å²) in [5, 5.41) is 0.501. The lowest BCUT2D eigenvalue weighted by molar-refractivity contribution is 0.129. The third-order valence-corrected chi connectivity index (χ3v) is 3.18. The van der Waals surface area contributed by atoms with E-state index in [2.05, 4.69) is 4.84 Å². The van der Waals surface area contributed by atoms with Gasteiger partial charge in [-0.15, -0.1) is 0 Å². The van der Waals surface area contributed by atoms with Crippen LogP contribution in [0.5, 0.6) is 11.5 Å². The molecule has 7 heteroatoms. The standard InChI is InChI=1S/C14H18Cl3NO3/c1-10-8-11(19-7-4-13(16)17)9-12(15)14(10)20-5-2-3-6-21-18/h4,8-9H,2-3,5-7,18H2,1H3. The van der Waals surface area contributed by atoms with Gasteiger partial charge in [0.05, 0.1) is 18.2 Å². The van der Waals surface area contributed by atoms with Gasteiger partial charge in [0.25, 0.3) is 0 Å². The summed E-state index contributed by atoms with van der Waals surface area (Å²) in [6, 6.07) is 3.54. The van der Waals surface area contributed by atoms with Gasteiger partial charge >= 0.3 is 0 Å². The number of halogens is 3. The van der Waals surface area contributed by atoms with Gasteiger partial charge in [0, 0.05) is 6.07 Å². The van der Waals surface area contributed by atoms with Crippen LogP contribution in [-0.4, -0.2) is 19.8 Å². The quantitative estimate of drug-likeness (QED) is 0.527. The molecule has 0 amide bonds. The minimum Gasteiger partial charge on any atom is -0.492 e. The van der Waals surface area contributed by atoms with E-state index < -0.39 is 0 Å². The maximum absolute atomic E-state index is 6.20. The van der Waals surface area contributed by atoms with Crippen molar-refractivity contribution in [3.05, 3.63) is 33.3 Å². The Balaban J connectivity index is 2.56. The zero-order chi connectivity index (χ0) is 15.7. The molecule has 0 fully saturated rings. The molecule has 2 N–H and O–H groups in total. The second-order valence-corrected chi connectivity index (χ2v) is 5.70. The number of aryl methyl sites for hydroxylation is 1. The molecule has 0 radical (unpaired) electrons. The van der Waals surface area contributed by atoms with Crippen molar-refractivity contribution >= 4 is 34.8 Å². The fraction of sp³-hybridized carbons (Fsp3) is 0.429. The van der Waals surface area contributed by atoms with Crippen molar-refractivity contribution in [3.63, 3.8) is 0 Å². The Morgan fingerprint density at radius 3 is 2.52 bits per heavy atom. The SMILES string of the molecule is Cc1cc(OCC=C(Cl)Cl)cc(Cl)c1OCCCCON. The first-order chi connectivity index (χ1) is 10.0. The highest BCUT2D eigenvalue weighted by Crippen LogP contribution is 2.33. The minimum atomic E-state index is 0.166. The molecule has 1 aromatic rings. The van der Waals surface area contributed by atoms with Gasteiger partial charge < -0.3 is 14.3 Å². The van der Waals surface area contributed by atoms with E-state index in [9.17, 15) is 0 Å². The van der Waals surface area contributed by atoms with Crippen molar-refractivity contribution in [1.82, 2.24) is 0 Å². The second kappa shape index (κ2) is 10.1. The van der Waals surface area contributed by atoms with Crippen LogP contribution in [0.4, 0.5) is 0 Å². The van der Waals surface area contributed by atoms with Crippen molar-refractivity contribution in [2.45, 2.75) is 19.8 Å². The Morgan fingerprint density at radius 2 is 1.90 bits per heavy atom. The van der Waals surface area contributed by atoms with Crippen LogP contribution in [0.15, 0.2) is 22.7 Å². The molecule has 1 aromatic carbocycles. The lowest BCUT2D eigenvalue weighted by atomic mass is 10.2. The number of hydrogen-bond donors (Lipinski definition) is 1. The first-order valence-corrected chi connectivity index (χ1v) is 7.56. The van der Waals surface area contributed by atoms with Crippen LogP contribution in [0.2, 0.25) is 5.02 Å². The molecule has 0 aliphatic carbocycles. The first kappa shape index (κ1) is 18.4. The number of ether oxygens (including phenoxy) is 2.